The molecule has 0 aromatic heterocycles. The number of carbonyl (C=O) groups is 1. The van der Waals surface area contributed by atoms with Gasteiger partial charge in [0.05, 0.1) is 6.54 Å². The van der Waals surface area contributed by atoms with Crippen molar-refractivity contribution in [3.63, 3.8) is 0 Å². The van der Waals surface area contributed by atoms with Crippen LogP contribution in [-0.2, 0) is 4.79 Å². The predicted octanol–water partition coefficient (Wildman–Crippen LogP) is 1.51. The van der Waals surface area contributed by atoms with E-state index in [4.69, 9.17) is 0 Å². The summed E-state index contributed by atoms with van der Waals surface area (Å²) in [5, 5.41) is 6.48. The maximum Gasteiger partial charge on any atom is 0.234 e. The van der Waals surface area contributed by atoms with E-state index < -0.39 is 0 Å². The second kappa shape index (κ2) is 7.85. The van der Waals surface area contributed by atoms with Gasteiger partial charge in [-0.05, 0) is 38.8 Å². The first-order valence-corrected chi connectivity index (χ1v) is 8.03. The molecule has 1 heterocycles. The second-order valence-electron chi connectivity index (χ2n) is 5.96. The second-order valence-corrected chi connectivity index (χ2v) is 5.96. The summed E-state index contributed by atoms with van der Waals surface area (Å²) in [5.74, 6) is 0.174. The van der Waals surface area contributed by atoms with E-state index in [1.54, 1.807) is 0 Å². The number of rotatable bonds is 6. The average molecular weight is 267 g/mol. The molecule has 1 aliphatic carbocycles. The minimum Gasteiger partial charge on any atom is -0.352 e. The number of nitrogens with one attached hydrogen (secondary N) is 2. The SMILES string of the molecule is CCN1CCC[C@@H]1CNCC(=O)NC1CCCCC1. The van der Waals surface area contributed by atoms with Gasteiger partial charge in [-0.15, -0.1) is 0 Å². The Balaban J connectivity index is 1.58. The smallest absolute Gasteiger partial charge is 0.234 e. The lowest BCUT2D eigenvalue weighted by molar-refractivity contribution is -0.121. The van der Waals surface area contributed by atoms with Crippen LogP contribution in [0.15, 0.2) is 0 Å². The summed E-state index contributed by atoms with van der Waals surface area (Å²) in [6.45, 7) is 5.99. The standard InChI is InChI=1S/C15H29N3O/c1-2-18-10-6-9-14(18)11-16-12-15(19)17-13-7-4-3-5-8-13/h13-14,16H,2-12H2,1H3,(H,17,19)/t14-/m1/s1. The number of carbonyl (C=O) groups excluding carboxylic acids is 1. The first-order chi connectivity index (χ1) is 9.29. The summed E-state index contributed by atoms with van der Waals surface area (Å²) < 4.78 is 0. The number of hydrogen-bond donors (Lipinski definition) is 2. The van der Waals surface area contributed by atoms with Gasteiger partial charge in [-0.2, -0.15) is 0 Å². The molecule has 2 N–H and O–H groups in total. The van der Waals surface area contributed by atoms with Gasteiger partial charge in [0.15, 0.2) is 0 Å². The fourth-order valence-electron chi connectivity index (χ4n) is 3.42. The van der Waals surface area contributed by atoms with Crippen molar-refractivity contribution < 1.29 is 4.79 Å². The highest BCUT2D eigenvalue weighted by Gasteiger charge is 2.22. The van der Waals surface area contributed by atoms with Crippen molar-refractivity contribution in [2.75, 3.05) is 26.2 Å². The Kier molecular flexibility index (Phi) is 6.11. The molecule has 2 fully saturated rings. The van der Waals surface area contributed by atoms with E-state index >= 15 is 0 Å². The van der Waals surface area contributed by atoms with Crippen molar-refractivity contribution in [3.8, 4) is 0 Å². The molecule has 1 atom stereocenters. The summed E-state index contributed by atoms with van der Waals surface area (Å²) in [6.07, 6.45) is 8.77. The van der Waals surface area contributed by atoms with Gasteiger partial charge >= 0.3 is 0 Å². The lowest BCUT2D eigenvalue weighted by Crippen LogP contribution is -2.44. The Morgan fingerprint density at radius 2 is 1.95 bits per heavy atom. The molecule has 1 saturated carbocycles. The van der Waals surface area contributed by atoms with Crippen molar-refractivity contribution in [2.24, 2.45) is 0 Å². The van der Waals surface area contributed by atoms with Gasteiger partial charge in [0, 0.05) is 18.6 Å². The van der Waals surface area contributed by atoms with Gasteiger partial charge < -0.3 is 10.6 Å². The van der Waals surface area contributed by atoms with E-state index in [9.17, 15) is 4.79 Å². The normalized spacial score (nSPS) is 25.6. The molecule has 1 saturated heterocycles. The maximum absolute atomic E-state index is 11.8. The molecule has 2 aliphatic rings. The Labute approximate surface area is 117 Å². The molecule has 2 rings (SSSR count). The van der Waals surface area contributed by atoms with Crippen molar-refractivity contribution in [3.05, 3.63) is 0 Å². The van der Waals surface area contributed by atoms with Gasteiger partial charge in [-0.25, -0.2) is 0 Å². The van der Waals surface area contributed by atoms with Crippen molar-refractivity contribution in [1.82, 2.24) is 15.5 Å². The molecular weight excluding hydrogens is 238 g/mol. The fraction of sp³-hybridized carbons (Fsp3) is 0.933. The summed E-state index contributed by atoms with van der Waals surface area (Å²) in [5.41, 5.74) is 0. The van der Waals surface area contributed by atoms with Crippen LogP contribution in [0.2, 0.25) is 0 Å². The van der Waals surface area contributed by atoms with Gasteiger partial charge in [-0.1, -0.05) is 26.2 Å². The zero-order valence-electron chi connectivity index (χ0n) is 12.3. The zero-order chi connectivity index (χ0) is 13.5. The Hall–Kier alpha value is -0.610. The van der Waals surface area contributed by atoms with Crippen LogP contribution in [0.5, 0.6) is 0 Å². The molecular formula is C15H29N3O. The lowest BCUT2D eigenvalue weighted by atomic mass is 9.95. The number of nitrogens with zero attached hydrogens (tertiary/aromatic N) is 1. The predicted molar refractivity (Wildman–Crippen MR) is 78.2 cm³/mol. The Morgan fingerprint density at radius 3 is 2.68 bits per heavy atom. The molecule has 0 radical (unpaired) electrons. The van der Waals surface area contributed by atoms with Crippen LogP contribution < -0.4 is 10.6 Å². The first-order valence-electron chi connectivity index (χ1n) is 8.03. The third-order valence-corrected chi connectivity index (χ3v) is 4.54. The molecule has 1 aliphatic heterocycles. The van der Waals surface area contributed by atoms with E-state index in [-0.39, 0.29) is 5.91 Å². The molecule has 19 heavy (non-hydrogen) atoms. The van der Waals surface area contributed by atoms with E-state index in [2.05, 4.69) is 22.5 Å². The van der Waals surface area contributed by atoms with E-state index in [0.29, 0.717) is 18.6 Å². The van der Waals surface area contributed by atoms with Gasteiger partial charge in [-0.3, -0.25) is 9.69 Å². The van der Waals surface area contributed by atoms with Crippen LogP contribution in [0.4, 0.5) is 0 Å². The molecule has 1 amide bonds. The number of likely N-dealkylation sites (tertiary alicyclic amines) is 1. The van der Waals surface area contributed by atoms with E-state index in [1.165, 1.54) is 38.6 Å². The van der Waals surface area contributed by atoms with Crippen LogP contribution in [0.25, 0.3) is 0 Å². The van der Waals surface area contributed by atoms with Crippen LogP contribution in [0.3, 0.4) is 0 Å². The minimum absolute atomic E-state index is 0.174. The summed E-state index contributed by atoms with van der Waals surface area (Å²) in [4.78, 5) is 14.4. The van der Waals surface area contributed by atoms with Crippen molar-refractivity contribution >= 4 is 5.91 Å². The van der Waals surface area contributed by atoms with Crippen LogP contribution in [0, 0.1) is 0 Å². The average Bonchev–Trinajstić information content (AvgIpc) is 2.87. The highest BCUT2D eigenvalue weighted by Crippen LogP contribution is 2.17. The molecule has 0 bridgehead atoms. The largest absolute Gasteiger partial charge is 0.352 e. The number of likely N-dealkylation sites (N-methyl/N-ethyl adjacent to an activating group) is 1. The fourth-order valence-corrected chi connectivity index (χ4v) is 3.42. The van der Waals surface area contributed by atoms with Gasteiger partial charge in [0.1, 0.15) is 0 Å². The van der Waals surface area contributed by atoms with Gasteiger partial charge in [0.25, 0.3) is 0 Å². The van der Waals surface area contributed by atoms with Gasteiger partial charge in [0.2, 0.25) is 5.91 Å². The van der Waals surface area contributed by atoms with Crippen LogP contribution in [-0.4, -0.2) is 49.1 Å². The summed E-state index contributed by atoms with van der Waals surface area (Å²) in [6, 6.07) is 1.06. The zero-order valence-corrected chi connectivity index (χ0v) is 12.3. The number of amides is 1. The highest BCUT2D eigenvalue weighted by molar-refractivity contribution is 5.78. The van der Waals surface area contributed by atoms with E-state index in [1.807, 2.05) is 0 Å². The third kappa shape index (κ3) is 4.77. The van der Waals surface area contributed by atoms with Crippen molar-refractivity contribution in [2.45, 2.75) is 64.0 Å². The molecule has 4 heteroatoms. The highest BCUT2D eigenvalue weighted by atomic mass is 16.1. The molecule has 0 spiro atoms. The van der Waals surface area contributed by atoms with Crippen LogP contribution in [0.1, 0.15) is 51.9 Å². The van der Waals surface area contributed by atoms with E-state index in [0.717, 1.165) is 25.9 Å². The first kappa shape index (κ1) is 14.8. The monoisotopic (exact) mass is 267 g/mol. The molecule has 4 nitrogen and oxygen atoms in total. The third-order valence-electron chi connectivity index (χ3n) is 4.54. The molecule has 0 unspecified atom stereocenters. The quantitative estimate of drug-likeness (QED) is 0.767. The molecule has 110 valence electrons. The minimum atomic E-state index is 0.174. The topological polar surface area (TPSA) is 44.4 Å². The maximum atomic E-state index is 11.8. The number of hydrogen-bond acceptors (Lipinski definition) is 3. The summed E-state index contributed by atoms with van der Waals surface area (Å²) in [7, 11) is 0. The molecule has 0 aromatic carbocycles. The van der Waals surface area contributed by atoms with Crippen molar-refractivity contribution in [1.29, 1.82) is 0 Å². The Morgan fingerprint density at radius 1 is 1.16 bits per heavy atom. The Bertz CT molecular complexity index is 277. The summed E-state index contributed by atoms with van der Waals surface area (Å²) >= 11 is 0. The van der Waals surface area contributed by atoms with Crippen LogP contribution >= 0.6 is 0 Å². The molecule has 0 aromatic rings. The lowest BCUT2D eigenvalue weighted by Gasteiger charge is -2.24.